The van der Waals surface area contributed by atoms with Gasteiger partial charge in [-0.2, -0.15) is 0 Å². The molecule has 0 saturated heterocycles. The molecule has 2 aromatic carbocycles. The SMILES string of the molecule is CC(N[C@H](C)c1cccc(Cl)c1)c1ccc(F)c(Cl)c1. The zero-order valence-electron chi connectivity index (χ0n) is 11.3. The van der Waals surface area contributed by atoms with Crippen LogP contribution in [-0.4, -0.2) is 0 Å². The third-order valence-electron chi connectivity index (χ3n) is 3.29. The second-order valence-corrected chi connectivity index (χ2v) is 5.68. The molecule has 106 valence electrons. The second kappa shape index (κ2) is 6.57. The molecule has 2 rings (SSSR count). The number of hydrogen-bond acceptors (Lipinski definition) is 1. The van der Waals surface area contributed by atoms with Crippen molar-refractivity contribution in [3.05, 3.63) is 69.5 Å². The maximum Gasteiger partial charge on any atom is 0.141 e. The Labute approximate surface area is 128 Å². The largest absolute Gasteiger partial charge is 0.304 e. The van der Waals surface area contributed by atoms with Gasteiger partial charge in [-0.1, -0.05) is 41.4 Å². The van der Waals surface area contributed by atoms with Crippen molar-refractivity contribution >= 4 is 23.2 Å². The Bertz CT molecular complexity index is 601. The Kier molecular flexibility index (Phi) is 5.03. The Morgan fingerprint density at radius 1 is 0.950 bits per heavy atom. The predicted octanol–water partition coefficient (Wildman–Crippen LogP) is 5.54. The second-order valence-electron chi connectivity index (χ2n) is 4.84. The minimum Gasteiger partial charge on any atom is -0.304 e. The summed E-state index contributed by atoms with van der Waals surface area (Å²) in [6.07, 6.45) is 0. The molecule has 0 heterocycles. The molecule has 0 aliphatic heterocycles. The topological polar surface area (TPSA) is 12.0 Å². The normalized spacial score (nSPS) is 14.1. The van der Waals surface area contributed by atoms with Crippen molar-refractivity contribution in [2.24, 2.45) is 0 Å². The Hall–Kier alpha value is -1.09. The van der Waals surface area contributed by atoms with Gasteiger partial charge in [-0.25, -0.2) is 4.39 Å². The van der Waals surface area contributed by atoms with Gasteiger partial charge in [0.25, 0.3) is 0 Å². The molecule has 4 heteroatoms. The molecule has 0 bridgehead atoms. The van der Waals surface area contributed by atoms with Crippen LogP contribution in [0.25, 0.3) is 0 Å². The molecular weight excluding hydrogens is 296 g/mol. The highest BCUT2D eigenvalue weighted by molar-refractivity contribution is 6.31. The van der Waals surface area contributed by atoms with Gasteiger partial charge in [0.15, 0.2) is 0 Å². The summed E-state index contributed by atoms with van der Waals surface area (Å²) >= 11 is 11.8. The summed E-state index contributed by atoms with van der Waals surface area (Å²) in [5.74, 6) is -0.398. The first kappa shape index (κ1) is 15.3. The number of halogens is 3. The number of hydrogen-bond donors (Lipinski definition) is 1. The highest BCUT2D eigenvalue weighted by atomic mass is 35.5. The monoisotopic (exact) mass is 311 g/mol. The van der Waals surface area contributed by atoms with Crippen LogP contribution in [0.5, 0.6) is 0 Å². The van der Waals surface area contributed by atoms with E-state index in [2.05, 4.69) is 12.2 Å². The van der Waals surface area contributed by atoms with Gasteiger partial charge in [0.2, 0.25) is 0 Å². The minimum atomic E-state index is -0.398. The zero-order chi connectivity index (χ0) is 14.7. The molecule has 2 atom stereocenters. The zero-order valence-corrected chi connectivity index (χ0v) is 12.8. The van der Waals surface area contributed by atoms with E-state index in [-0.39, 0.29) is 17.1 Å². The smallest absolute Gasteiger partial charge is 0.141 e. The maximum absolute atomic E-state index is 13.2. The standard InChI is InChI=1S/C16H16Cl2FN/c1-10(12-4-3-5-14(17)8-12)20-11(2)13-6-7-16(19)15(18)9-13/h3-11,20H,1-2H3/t10-,11?/m1/s1. The van der Waals surface area contributed by atoms with Crippen LogP contribution in [0.15, 0.2) is 42.5 Å². The molecule has 0 saturated carbocycles. The summed E-state index contributed by atoms with van der Waals surface area (Å²) in [6.45, 7) is 4.08. The Morgan fingerprint density at radius 3 is 2.20 bits per heavy atom. The summed E-state index contributed by atoms with van der Waals surface area (Å²) in [5.41, 5.74) is 2.06. The average Bonchev–Trinajstić information content (AvgIpc) is 2.41. The highest BCUT2D eigenvalue weighted by Crippen LogP contribution is 2.24. The van der Waals surface area contributed by atoms with Gasteiger partial charge >= 0.3 is 0 Å². The molecular formula is C16H16Cl2FN. The van der Waals surface area contributed by atoms with Crippen molar-refractivity contribution in [2.45, 2.75) is 25.9 Å². The summed E-state index contributed by atoms with van der Waals surface area (Å²) in [6, 6.07) is 12.7. The van der Waals surface area contributed by atoms with Gasteiger partial charge < -0.3 is 5.32 Å². The fourth-order valence-electron chi connectivity index (χ4n) is 2.13. The van der Waals surface area contributed by atoms with Crippen LogP contribution < -0.4 is 5.32 Å². The Balaban J connectivity index is 2.10. The van der Waals surface area contributed by atoms with Crippen LogP contribution in [0.1, 0.15) is 37.1 Å². The van der Waals surface area contributed by atoms with Crippen LogP contribution in [0.4, 0.5) is 4.39 Å². The quantitative estimate of drug-likeness (QED) is 0.781. The lowest BCUT2D eigenvalue weighted by Crippen LogP contribution is -2.22. The molecule has 20 heavy (non-hydrogen) atoms. The molecule has 0 fully saturated rings. The molecule has 1 nitrogen and oxygen atoms in total. The lowest BCUT2D eigenvalue weighted by atomic mass is 10.0. The van der Waals surface area contributed by atoms with Gasteiger partial charge in [-0.3, -0.25) is 0 Å². The first-order valence-electron chi connectivity index (χ1n) is 6.44. The van der Waals surface area contributed by atoms with Crippen molar-refractivity contribution in [1.82, 2.24) is 5.32 Å². The maximum atomic E-state index is 13.2. The molecule has 0 aliphatic rings. The van der Waals surface area contributed by atoms with Crippen LogP contribution in [-0.2, 0) is 0 Å². The summed E-state index contributed by atoms with van der Waals surface area (Å²) in [4.78, 5) is 0. The molecule has 2 aromatic rings. The van der Waals surface area contributed by atoms with E-state index in [1.807, 2.05) is 31.2 Å². The molecule has 0 spiro atoms. The van der Waals surface area contributed by atoms with Crippen LogP contribution in [0, 0.1) is 5.82 Å². The first-order chi connectivity index (χ1) is 9.47. The number of nitrogens with one attached hydrogen (secondary N) is 1. The Morgan fingerprint density at radius 2 is 1.60 bits per heavy atom. The molecule has 0 amide bonds. The number of rotatable bonds is 4. The molecule has 1 N–H and O–H groups in total. The van der Waals surface area contributed by atoms with Crippen molar-refractivity contribution in [2.75, 3.05) is 0 Å². The van der Waals surface area contributed by atoms with E-state index in [0.29, 0.717) is 5.02 Å². The van der Waals surface area contributed by atoms with Gasteiger partial charge in [-0.05, 0) is 49.2 Å². The lowest BCUT2D eigenvalue weighted by molar-refractivity contribution is 0.494. The summed E-state index contributed by atoms with van der Waals surface area (Å²) in [7, 11) is 0. The minimum absolute atomic E-state index is 0.0575. The molecule has 1 unspecified atom stereocenters. The van der Waals surface area contributed by atoms with E-state index >= 15 is 0 Å². The number of benzene rings is 2. The van der Waals surface area contributed by atoms with Crippen molar-refractivity contribution in [3.63, 3.8) is 0 Å². The van der Waals surface area contributed by atoms with E-state index in [0.717, 1.165) is 11.1 Å². The van der Waals surface area contributed by atoms with E-state index < -0.39 is 5.82 Å². The van der Waals surface area contributed by atoms with Crippen molar-refractivity contribution in [3.8, 4) is 0 Å². The lowest BCUT2D eigenvalue weighted by Gasteiger charge is -2.21. The fraction of sp³-hybridized carbons (Fsp3) is 0.250. The van der Waals surface area contributed by atoms with E-state index in [1.165, 1.54) is 6.07 Å². The van der Waals surface area contributed by atoms with Gasteiger partial charge in [0, 0.05) is 17.1 Å². The predicted molar refractivity (Wildman–Crippen MR) is 82.8 cm³/mol. The fourth-order valence-corrected chi connectivity index (χ4v) is 2.51. The first-order valence-corrected chi connectivity index (χ1v) is 7.19. The van der Waals surface area contributed by atoms with Crippen LogP contribution in [0.2, 0.25) is 10.0 Å². The van der Waals surface area contributed by atoms with Crippen LogP contribution >= 0.6 is 23.2 Å². The van der Waals surface area contributed by atoms with Gasteiger partial charge in [0.05, 0.1) is 5.02 Å². The molecule has 0 aliphatic carbocycles. The van der Waals surface area contributed by atoms with Crippen molar-refractivity contribution in [1.29, 1.82) is 0 Å². The van der Waals surface area contributed by atoms with E-state index in [9.17, 15) is 4.39 Å². The highest BCUT2D eigenvalue weighted by Gasteiger charge is 2.12. The van der Waals surface area contributed by atoms with E-state index in [1.54, 1.807) is 12.1 Å². The van der Waals surface area contributed by atoms with Gasteiger partial charge in [0.1, 0.15) is 5.82 Å². The van der Waals surface area contributed by atoms with Crippen LogP contribution in [0.3, 0.4) is 0 Å². The van der Waals surface area contributed by atoms with E-state index in [4.69, 9.17) is 23.2 Å². The van der Waals surface area contributed by atoms with Gasteiger partial charge in [-0.15, -0.1) is 0 Å². The van der Waals surface area contributed by atoms with Crippen molar-refractivity contribution < 1.29 is 4.39 Å². The summed E-state index contributed by atoms with van der Waals surface area (Å²) < 4.78 is 13.2. The third kappa shape index (κ3) is 3.72. The average molecular weight is 312 g/mol. The third-order valence-corrected chi connectivity index (χ3v) is 3.82. The molecule has 0 radical (unpaired) electrons. The molecule has 0 aromatic heterocycles. The summed E-state index contributed by atoms with van der Waals surface area (Å²) in [5, 5.41) is 4.31.